The zero-order valence-electron chi connectivity index (χ0n) is 18.2. The summed E-state index contributed by atoms with van der Waals surface area (Å²) in [6, 6.07) is 15.9. The summed E-state index contributed by atoms with van der Waals surface area (Å²) >= 11 is 0. The van der Waals surface area contributed by atoms with Gasteiger partial charge in [0.15, 0.2) is 5.82 Å². The molecular formula is C24H28N6O2. The fourth-order valence-electron chi connectivity index (χ4n) is 3.95. The molecule has 1 unspecified atom stereocenters. The first-order valence-electron chi connectivity index (χ1n) is 11.1. The summed E-state index contributed by atoms with van der Waals surface area (Å²) in [5.74, 6) is 1.44. The third-order valence-corrected chi connectivity index (χ3v) is 5.51. The van der Waals surface area contributed by atoms with Crippen LogP contribution in [0.25, 0.3) is 11.4 Å². The molecule has 1 aromatic heterocycles. The topological polar surface area (TPSA) is 101 Å². The van der Waals surface area contributed by atoms with E-state index in [1.54, 1.807) is 6.92 Å². The fraction of sp³-hybridized carbons (Fsp3) is 0.333. The van der Waals surface area contributed by atoms with Crippen molar-refractivity contribution in [2.45, 2.75) is 45.2 Å². The standard InChI is InChI=1S/C24H28N6O2/c1-2-25-24(32)27-23(31)21(17-10-5-3-6-11-17)26-19-13-9-12-18(16-19)22-29-28-20-14-7-4-8-15-30(20)22/h3,5-6,9-13,16,21,26H,2,4,7-8,14-15H2,1H3,(H2,25,27,31,32). The smallest absolute Gasteiger partial charge is 0.321 e. The van der Waals surface area contributed by atoms with E-state index in [1.165, 1.54) is 6.42 Å². The molecule has 166 valence electrons. The SMILES string of the molecule is CCNC(=O)NC(=O)C(Nc1cccc(-c2nnc3n2CCCCC3)c1)c1ccccc1. The first-order valence-corrected chi connectivity index (χ1v) is 11.1. The lowest BCUT2D eigenvalue weighted by Gasteiger charge is -2.20. The van der Waals surface area contributed by atoms with Crippen LogP contribution in [0.5, 0.6) is 0 Å². The Balaban J connectivity index is 1.60. The van der Waals surface area contributed by atoms with Crippen LogP contribution in [0.1, 0.15) is 43.6 Å². The summed E-state index contributed by atoms with van der Waals surface area (Å²) in [7, 11) is 0. The van der Waals surface area contributed by atoms with Crippen LogP contribution in [0.15, 0.2) is 54.6 Å². The number of amides is 3. The van der Waals surface area contributed by atoms with Crippen molar-refractivity contribution in [3.8, 4) is 11.4 Å². The summed E-state index contributed by atoms with van der Waals surface area (Å²) in [4.78, 5) is 24.8. The van der Waals surface area contributed by atoms with Crippen LogP contribution in [0.4, 0.5) is 10.5 Å². The quantitative estimate of drug-likeness (QED) is 0.552. The normalized spacial score (nSPS) is 14.0. The van der Waals surface area contributed by atoms with Crippen LogP contribution >= 0.6 is 0 Å². The molecule has 3 N–H and O–H groups in total. The highest BCUT2D eigenvalue weighted by Crippen LogP contribution is 2.27. The first-order chi connectivity index (χ1) is 15.7. The molecule has 4 rings (SSSR count). The van der Waals surface area contributed by atoms with E-state index in [-0.39, 0.29) is 0 Å². The van der Waals surface area contributed by atoms with Crippen molar-refractivity contribution in [3.05, 3.63) is 66.0 Å². The van der Waals surface area contributed by atoms with Crippen molar-refractivity contribution in [1.29, 1.82) is 0 Å². The number of benzene rings is 2. The number of aryl methyl sites for hydroxylation is 1. The fourth-order valence-corrected chi connectivity index (χ4v) is 3.95. The van der Waals surface area contributed by atoms with Crippen molar-refractivity contribution >= 4 is 17.6 Å². The van der Waals surface area contributed by atoms with Gasteiger partial charge >= 0.3 is 6.03 Å². The Morgan fingerprint density at radius 3 is 2.69 bits per heavy atom. The zero-order chi connectivity index (χ0) is 22.3. The van der Waals surface area contributed by atoms with Crippen molar-refractivity contribution in [2.75, 3.05) is 11.9 Å². The first kappa shape index (κ1) is 21.5. The van der Waals surface area contributed by atoms with Gasteiger partial charge in [0.05, 0.1) is 0 Å². The number of nitrogens with one attached hydrogen (secondary N) is 3. The summed E-state index contributed by atoms with van der Waals surface area (Å²) in [6.07, 6.45) is 4.40. The highest BCUT2D eigenvalue weighted by molar-refractivity contribution is 5.98. The van der Waals surface area contributed by atoms with Gasteiger partial charge in [-0.15, -0.1) is 10.2 Å². The third-order valence-electron chi connectivity index (χ3n) is 5.51. The molecule has 2 aromatic carbocycles. The van der Waals surface area contributed by atoms with Gasteiger partial charge in [-0.3, -0.25) is 10.1 Å². The van der Waals surface area contributed by atoms with Crippen molar-refractivity contribution in [1.82, 2.24) is 25.4 Å². The number of fused-ring (bicyclic) bond motifs is 1. The number of rotatable bonds is 6. The van der Waals surface area contributed by atoms with Gasteiger partial charge in [0.25, 0.3) is 5.91 Å². The summed E-state index contributed by atoms with van der Waals surface area (Å²) in [5.41, 5.74) is 2.45. The number of urea groups is 1. The molecule has 1 aliphatic rings. The maximum atomic E-state index is 12.9. The summed E-state index contributed by atoms with van der Waals surface area (Å²) in [5, 5.41) is 17.1. The van der Waals surface area contributed by atoms with Gasteiger partial charge in [-0.25, -0.2) is 4.79 Å². The van der Waals surface area contributed by atoms with E-state index in [0.29, 0.717) is 6.54 Å². The van der Waals surface area contributed by atoms with Crippen molar-refractivity contribution in [2.24, 2.45) is 0 Å². The molecule has 3 aromatic rings. The number of imide groups is 1. The van der Waals surface area contributed by atoms with Gasteiger partial charge in [0.1, 0.15) is 11.9 Å². The molecule has 8 nitrogen and oxygen atoms in total. The Bertz CT molecular complexity index is 1080. The minimum absolute atomic E-state index is 0.427. The second-order valence-corrected chi connectivity index (χ2v) is 7.82. The van der Waals surface area contributed by atoms with Crippen LogP contribution in [0, 0.1) is 0 Å². The summed E-state index contributed by atoms with van der Waals surface area (Å²) in [6.45, 7) is 3.15. The molecule has 0 saturated carbocycles. The molecule has 2 heterocycles. The number of hydrogen-bond acceptors (Lipinski definition) is 5. The molecule has 1 atom stereocenters. The van der Waals surface area contributed by atoms with Gasteiger partial charge in [-0.1, -0.05) is 48.9 Å². The monoisotopic (exact) mass is 432 g/mol. The maximum Gasteiger partial charge on any atom is 0.321 e. The van der Waals surface area contributed by atoms with Crippen LogP contribution in [0.2, 0.25) is 0 Å². The van der Waals surface area contributed by atoms with Crippen molar-refractivity contribution < 1.29 is 9.59 Å². The predicted octanol–water partition coefficient (Wildman–Crippen LogP) is 3.67. The molecule has 32 heavy (non-hydrogen) atoms. The number of carbonyl (C=O) groups excluding carboxylic acids is 2. The Hall–Kier alpha value is -3.68. The third kappa shape index (κ3) is 4.96. The average molecular weight is 433 g/mol. The van der Waals surface area contributed by atoms with Gasteiger partial charge in [0.2, 0.25) is 0 Å². The largest absolute Gasteiger partial charge is 0.370 e. The molecule has 8 heteroatoms. The van der Waals surface area contributed by atoms with E-state index in [0.717, 1.165) is 54.3 Å². The van der Waals surface area contributed by atoms with E-state index < -0.39 is 18.0 Å². The molecule has 0 aliphatic carbocycles. The number of anilines is 1. The van der Waals surface area contributed by atoms with Gasteiger partial charge in [0, 0.05) is 30.8 Å². The van der Waals surface area contributed by atoms with E-state index in [9.17, 15) is 9.59 Å². The lowest BCUT2D eigenvalue weighted by Crippen LogP contribution is -2.43. The van der Waals surface area contributed by atoms with E-state index in [2.05, 4.69) is 30.7 Å². The highest BCUT2D eigenvalue weighted by atomic mass is 16.2. The number of aromatic nitrogens is 3. The molecule has 0 bridgehead atoms. The lowest BCUT2D eigenvalue weighted by atomic mass is 10.1. The van der Waals surface area contributed by atoms with Crippen LogP contribution in [0.3, 0.4) is 0 Å². The number of carbonyl (C=O) groups is 2. The van der Waals surface area contributed by atoms with E-state index >= 15 is 0 Å². The van der Waals surface area contributed by atoms with Crippen LogP contribution in [-0.2, 0) is 17.8 Å². The maximum absolute atomic E-state index is 12.9. The predicted molar refractivity (Wildman–Crippen MR) is 123 cm³/mol. The lowest BCUT2D eigenvalue weighted by molar-refractivity contribution is -0.120. The Labute approximate surface area is 187 Å². The number of nitrogens with zero attached hydrogens (tertiary/aromatic N) is 3. The van der Waals surface area contributed by atoms with Gasteiger partial charge in [-0.2, -0.15) is 0 Å². The zero-order valence-corrected chi connectivity index (χ0v) is 18.2. The summed E-state index contributed by atoms with van der Waals surface area (Å²) < 4.78 is 2.20. The molecule has 3 amide bonds. The minimum atomic E-state index is -0.732. The van der Waals surface area contributed by atoms with Crippen LogP contribution in [-0.4, -0.2) is 33.2 Å². The Morgan fingerprint density at radius 2 is 1.88 bits per heavy atom. The minimum Gasteiger partial charge on any atom is -0.370 e. The second kappa shape index (κ2) is 10.1. The molecule has 1 aliphatic heterocycles. The number of hydrogen-bond donors (Lipinski definition) is 3. The average Bonchev–Trinajstić information content (AvgIpc) is 3.06. The molecular weight excluding hydrogens is 404 g/mol. The molecule has 0 fully saturated rings. The molecule has 0 radical (unpaired) electrons. The highest BCUT2D eigenvalue weighted by Gasteiger charge is 2.23. The molecule has 0 spiro atoms. The van der Waals surface area contributed by atoms with Crippen molar-refractivity contribution in [3.63, 3.8) is 0 Å². The van der Waals surface area contributed by atoms with Crippen LogP contribution < -0.4 is 16.0 Å². The Kier molecular flexibility index (Phi) is 6.79. The Morgan fingerprint density at radius 1 is 1.03 bits per heavy atom. The second-order valence-electron chi connectivity index (χ2n) is 7.82. The van der Waals surface area contributed by atoms with Gasteiger partial charge in [-0.05, 0) is 37.5 Å². The van der Waals surface area contributed by atoms with E-state index in [1.807, 2.05) is 54.6 Å². The van der Waals surface area contributed by atoms with Gasteiger partial charge < -0.3 is 15.2 Å². The molecule has 0 saturated heterocycles. The van der Waals surface area contributed by atoms with E-state index in [4.69, 9.17) is 0 Å².